The van der Waals surface area contributed by atoms with Crippen LogP contribution in [-0.2, 0) is 4.79 Å². The van der Waals surface area contributed by atoms with Gasteiger partial charge < -0.3 is 9.84 Å². The van der Waals surface area contributed by atoms with E-state index in [1.165, 1.54) is 23.1 Å². The number of likely N-dealkylation sites (tertiary alicyclic amines) is 1. The molecule has 2 rings (SSSR count). The Balaban J connectivity index is 1.89. The Bertz CT molecular complexity index is 535. The zero-order valence-electron chi connectivity index (χ0n) is 11.5. The number of rotatable bonds is 5. The first-order valence-corrected chi connectivity index (χ1v) is 6.68. The molecule has 2 atom stereocenters. The van der Waals surface area contributed by atoms with Gasteiger partial charge >= 0.3 is 12.1 Å². The molecule has 122 valence electrons. The number of halogens is 4. The molecule has 1 aliphatic rings. The molecule has 1 fully saturated rings. The van der Waals surface area contributed by atoms with Crippen molar-refractivity contribution in [2.75, 3.05) is 26.2 Å². The number of carboxylic acids is 1. The second-order valence-electron chi connectivity index (χ2n) is 5.13. The number of para-hydroxylation sites is 1. The minimum absolute atomic E-state index is 0.0160. The highest BCUT2D eigenvalue weighted by Crippen LogP contribution is 2.37. The van der Waals surface area contributed by atoms with Gasteiger partial charge in [0, 0.05) is 19.6 Å². The molecule has 0 unspecified atom stereocenters. The first kappa shape index (κ1) is 16.5. The number of nitrogens with zero attached hydrogens (tertiary/aromatic N) is 1. The van der Waals surface area contributed by atoms with Crippen LogP contribution < -0.4 is 4.74 Å². The predicted molar refractivity (Wildman–Crippen MR) is 69.0 cm³/mol. The van der Waals surface area contributed by atoms with E-state index in [9.17, 15) is 22.4 Å². The summed E-state index contributed by atoms with van der Waals surface area (Å²) in [7, 11) is 0. The van der Waals surface area contributed by atoms with E-state index in [0.717, 1.165) is 0 Å². The Kier molecular flexibility index (Phi) is 4.90. The van der Waals surface area contributed by atoms with Gasteiger partial charge in [0.05, 0.1) is 11.8 Å². The van der Waals surface area contributed by atoms with Crippen molar-refractivity contribution >= 4 is 5.97 Å². The highest BCUT2D eigenvalue weighted by atomic mass is 19.4. The lowest BCUT2D eigenvalue weighted by Crippen LogP contribution is -2.33. The number of alkyl halides is 3. The summed E-state index contributed by atoms with van der Waals surface area (Å²) in [6, 6.07) is 5.70. The molecule has 4 nitrogen and oxygen atoms in total. The van der Waals surface area contributed by atoms with Gasteiger partial charge in [-0.1, -0.05) is 12.1 Å². The van der Waals surface area contributed by atoms with E-state index in [0.29, 0.717) is 0 Å². The van der Waals surface area contributed by atoms with Crippen LogP contribution in [0.25, 0.3) is 0 Å². The van der Waals surface area contributed by atoms with Gasteiger partial charge in [0.1, 0.15) is 6.61 Å². The highest BCUT2D eigenvalue weighted by Gasteiger charge is 2.52. The van der Waals surface area contributed by atoms with E-state index in [1.54, 1.807) is 6.07 Å². The lowest BCUT2D eigenvalue weighted by molar-refractivity contribution is -0.188. The van der Waals surface area contributed by atoms with Gasteiger partial charge in [-0.25, -0.2) is 4.39 Å². The van der Waals surface area contributed by atoms with Gasteiger partial charge in [-0.3, -0.25) is 9.69 Å². The third-order valence-corrected chi connectivity index (χ3v) is 3.63. The van der Waals surface area contributed by atoms with Crippen molar-refractivity contribution in [3.05, 3.63) is 30.1 Å². The Labute approximate surface area is 124 Å². The molecule has 0 amide bonds. The van der Waals surface area contributed by atoms with Crippen molar-refractivity contribution in [3.63, 3.8) is 0 Å². The van der Waals surface area contributed by atoms with Crippen molar-refractivity contribution in [1.29, 1.82) is 0 Å². The zero-order chi connectivity index (χ0) is 16.3. The van der Waals surface area contributed by atoms with Crippen LogP contribution in [0.4, 0.5) is 17.6 Å². The molecule has 0 aliphatic carbocycles. The van der Waals surface area contributed by atoms with Crippen LogP contribution in [-0.4, -0.2) is 48.4 Å². The molecule has 1 aromatic carbocycles. The maximum Gasteiger partial charge on any atom is 0.393 e. The van der Waals surface area contributed by atoms with Crippen molar-refractivity contribution < 1.29 is 32.2 Å². The lowest BCUT2D eigenvalue weighted by Gasteiger charge is -2.18. The molecule has 0 spiro atoms. The molecule has 1 saturated heterocycles. The first-order valence-electron chi connectivity index (χ1n) is 6.68. The maximum absolute atomic E-state index is 13.3. The van der Waals surface area contributed by atoms with Crippen LogP contribution in [0.1, 0.15) is 0 Å². The Morgan fingerprint density at radius 3 is 2.55 bits per heavy atom. The van der Waals surface area contributed by atoms with Gasteiger partial charge in [-0.05, 0) is 12.1 Å². The molecular formula is C14H15F4NO3. The maximum atomic E-state index is 13.3. The SMILES string of the molecule is O=C(O)[C@@H]1CN(CCOc2ccccc2F)C[C@H]1C(F)(F)F. The summed E-state index contributed by atoms with van der Waals surface area (Å²) in [5.74, 6) is -5.36. The van der Waals surface area contributed by atoms with E-state index in [2.05, 4.69) is 0 Å². The third-order valence-electron chi connectivity index (χ3n) is 3.63. The van der Waals surface area contributed by atoms with Crippen LogP contribution in [0.5, 0.6) is 5.75 Å². The van der Waals surface area contributed by atoms with E-state index in [-0.39, 0.29) is 32.0 Å². The van der Waals surface area contributed by atoms with Gasteiger partial charge in [0.2, 0.25) is 0 Å². The highest BCUT2D eigenvalue weighted by molar-refractivity contribution is 5.71. The molecule has 0 aromatic heterocycles. The normalized spacial score (nSPS) is 22.7. The topological polar surface area (TPSA) is 49.8 Å². The van der Waals surface area contributed by atoms with Gasteiger partial charge in [-0.15, -0.1) is 0 Å². The average Bonchev–Trinajstić information content (AvgIpc) is 2.85. The number of benzene rings is 1. The number of hydrogen-bond acceptors (Lipinski definition) is 3. The van der Waals surface area contributed by atoms with Crippen LogP contribution >= 0.6 is 0 Å². The minimum atomic E-state index is -4.55. The molecule has 1 aliphatic heterocycles. The van der Waals surface area contributed by atoms with Crippen molar-refractivity contribution in [1.82, 2.24) is 4.90 Å². The minimum Gasteiger partial charge on any atom is -0.489 e. The smallest absolute Gasteiger partial charge is 0.393 e. The fourth-order valence-electron chi connectivity index (χ4n) is 2.50. The van der Waals surface area contributed by atoms with Crippen LogP contribution in [0.2, 0.25) is 0 Å². The van der Waals surface area contributed by atoms with Gasteiger partial charge in [0.25, 0.3) is 0 Å². The number of ether oxygens (including phenoxy) is 1. The molecular weight excluding hydrogens is 306 g/mol. The monoisotopic (exact) mass is 321 g/mol. The molecule has 0 bridgehead atoms. The standard InChI is InChI=1S/C14H15F4NO3/c15-11-3-1-2-4-12(11)22-6-5-19-7-9(13(20)21)10(8-19)14(16,17)18/h1-4,9-10H,5-8H2,(H,20,21)/t9-,10-/m1/s1. The Morgan fingerprint density at radius 1 is 1.32 bits per heavy atom. The number of hydrogen-bond donors (Lipinski definition) is 1. The summed E-state index contributed by atoms with van der Waals surface area (Å²) < 4.78 is 56.9. The summed E-state index contributed by atoms with van der Waals surface area (Å²) in [6.07, 6.45) is -4.55. The summed E-state index contributed by atoms with van der Waals surface area (Å²) in [5, 5.41) is 8.90. The summed E-state index contributed by atoms with van der Waals surface area (Å²) in [5.41, 5.74) is 0. The third kappa shape index (κ3) is 3.88. The Hall–Kier alpha value is -1.83. The molecule has 8 heteroatoms. The number of aliphatic carboxylic acids is 1. The first-order chi connectivity index (χ1) is 10.3. The number of carbonyl (C=O) groups is 1. The largest absolute Gasteiger partial charge is 0.489 e. The molecule has 1 N–H and O–H groups in total. The quantitative estimate of drug-likeness (QED) is 0.846. The second kappa shape index (κ2) is 6.51. The lowest BCUT2D eigenvalue weighted by atomic mass is 9.96. The van der Waals surface area contributed by atoms with E-state index >= 15 is 0 Å². The van der Waals surface area contributed by atoms with Gasteiger partial charge in [-0.2, -0.15) is 13.2 Å². The van der Waals surface area contributed by atoms with Crippen molar-refractivity contribution in [3.8, 4) is 5.75 Å². The van der Waals surface area contributed by atoms with Crippen molar-refractivity contribution in [2.24, 2.45) is 11.8 Å². The molecule has 22 heavy (non-hydrogen) atoms. The van der Waals surface area contributed by atoms with E-state index < -0.39 is 29.8 Å². The average molecular weight is 321 g/mol. The Morgan fingerprint density at radius 2 is 2.00 bits per heavy atom. The second-order valence-corrected chi connectivity index (χ2v) is 5.13. The molecule has 1 aromatic rings. The molecule has 0 saturated carbocycles. The zero-order valence-corrected chi connectivity index (χ0v) is 11.5. The fourth-order valence-corrected chi connectivity index (χ4v) is 2.50. The summed E-state index contributed by atoms with van der Waals surface area (Å²) in [4.78, 5) is 12.3. The van der Waals surface area contributed by atoms with E-state index in [4.69, 9.17) is 9.84 Å². The summed E-state index contributed by atoms with van der Waals surface area (Å²) in [6.45, 7) is -0.496. The van der Waals surface area contributed by atoms with Gasteiger partial charge in [0.15, 0.2) is 11.6 Å². The molecule has 0 radical (unpaired) electrons. The van der Waals surface area contributed by atoms with Crippen molar-refractivity contribution in [2.45, 2.75) is 6.18 Å². The van der Waals surface area contributed by atoms with Crippen LogP contribution in [0, 0.1) is 17.7 Å². The fraction of sp³-hybridized carbons (Fsp3) is 0.500. The van der Waals surface area contributed by atoms with E-state index in [1.807, 2.05) is 0 Å². The van der Waals surface area contributed by atoms with Crippen LogP contribution in [0.3, 0.4) is 0 Å². The molecule has 1 heterocycles. The summed E-state index contributed by atoms with van der Waals surface area (Å²) >= 11 is 0. The van der Waals surface area contributed by atoms with Crippen LogP contribution in [0.15, 0.2) is 24.3 Å². The number of carboxylic acid groups (broad SMARTS) is 1. The predicted octanol–water partition coefficient (Wildman–Crippen LogP) is 2.40.